The molecule has 1 aliphatic carbocycles. The van der Waals surface area contributed by atoms with Gasteiger partial charge in [0.2, 0.25) is 5.91 Å². The van der Waals surface area contributed by atoms with E-state index in [4.69, 9.17) is 18.9 Å². The number of thioether (sulfide) groups is 1. The van der Waals surface area contributed by atoms with Crippen molar-refractivity contribution in [2.24, 2.45) is 5.41 Å². The maximum Gasteiger partial charge on any atom is 0.407 e. The molecule has 2 unspecified atom stereocenters. The highest BCUT2D eigenvalue weighted by molar-refractivity contribution is 8.00. The van der Waals surface area contributed by atoms with Gasteiger partial charge in [0.05, 0.1) is 30.2 Å². The van der Waals surface area contributed by atoms with E-state index in [9.17, 15) is 14.4 Å². The summed E-state index contributed by atoms with van der Waals surface area (Å²) < 4.78 is 24.5. The van der Waals surface area contributed by atoms with E-state index in [1.807, 2.05) is 11.8 Å². The number of hydrogen-bond donors (Lipinski definition) is 4. The summed E-state index contributed by atoms with van der Waals surface area (Å²) in [5.41, 5.74) is 0.150. The van der Waals surface area contributed by atoms with Crippen LogP contribution in [0.4, 0.5) is 9.59 Å². The Morgan fingerprint density at radius 1 is 1.00 bits per heavy atom. The Labute approximate surface area is 297 Å². The van der Waals surface area contributed by atoms with Gasteiger partial charge in [-0.2, -0.15) is 11.8 Å². The number of urea groups is 1. The van der Waals surface area contributed by atoms with E-state index < -0.39 is 11.0 Å². The molecule has 0 radical (unpaired) electrons. The Morgan fingerprint density at radius 3 is 2.37 bits per heavy atom. The van der Waals surface area contributed by atoms with Crippen LogP contribution in [0.1, 0.15) is 118 Å². The van der Waals surface area contributed by atoms with Gasteiger partial charge in [-0.3, -0.25) is 4.79 Å². The quantitative estimate of drug-likeness (QED) is 0.0543. The molecular weight excluding hydrogens is 644 g/mol. The van der Waals surface area contributed by atoms with E-state index in [0.29, 0.717) is 31.2 Å². The van der Waals surface area contributed by atoms with Gasteiger partial charge in [0.25, 0.3) is 0 Å². The molecule has 0 aromatic rings. The number of nitrogens with one attached hydrogen (secondary N) is 4. The molecule has 1 spiro atoms. The molecule has 5 aliphatic rings. The summed E-state index contributed by atoms with van der Waals surface area (Å²) >= 11 is 1.93. The van der Waals surface area contributed by atoms with Crippen molar-refractivity contribution in [2.45, 2.75) is 164 Å². The van der Waals surface area contributed by atoms with Crippen molar-refractivity contribution in [3.63, 3.8) is 0 Å². The lowest BCUT2D eigenvalue weighted by Gasteiger charge is -2.50. The van der Waals surface area contributed by atoms with Crippen molar-refractivity contribution in [2.75, 3.05) is 32.6 Å². The van der Waals surface area contributed by atoms with E-state index in [-0.39, 0.29) is 54.0 Å². The number of alkyl carbamates (subject to hydrolysis) is 1. The third-order valence-electron chi connectivity index (χ3n) is 11.9. The predicted molar refractivity (Wildman–Crippen MR) is 192 cm³/mol. The van der Waals surface area contributed by atoms with Gasteiger partial charge in [0.15, 0.2) is 0 Å². The first-order valence-electron chi connectivity index (χ1n) is 18.9. The number of fused-ring (bicyclic) bond motifs is 1. The third kappa shape index (κ3) is 9.08. The fourth-order valence-corrected chi connectivity index (χ4v) is 10.2. The Kier molecular flexibility index (Phi) is 13.3. The van der Waals surface area contributed by atoms with Gasteiger partial charge >= 0.3 is 12.1 Å². The average molecular weight is 707 g/mol. The van der Waals surface area contributed by atoms with Crippen LogP contribution in [0.2, 0.25) is 0 Å². The molecule has 9 atom stereocenters. The number of rotatable bonds is 20. The molecule has 278 valence electrons. The Morgan fingerprint density at radius 2 is 1.69 bits per heavy atom. The number of carbonyl (C=O) groups excluding carboxylic acids is 3. The first kappa shape index (κ1) is 38.2. The molecule has 0 bridgehead atoms. The number of allylic oxidation sites excluding steroid dienone is 1. The smallest absolute Gasteiger partial charge is 0.407 e. The topological polar surface area (TPSA) is 143 Å². The molecule has 49 heavy (non-hydrogen) atoms. The minimum Gasteiger partial charge on any atom is -0.443 e. The molecule has 0 aromatic carbocycles. The van der Waals surface area contributed by atoms with Crippen LogP contribution in [-0.4, -0.2) is 97.4 Å². The molecule has 12 heteroatoms. The first-order chi connectivity index (χ1) is 23.5. The van der Waals surface area contributed by atoms with Crippen molar-refractivity contribution in [1.29, 1.82) is 0 Å². The Bertz CT molecular complexity index is 1180. The Hall–Kier alpha value is -2.02. The monoisotopic (exact) mass is 706 g/mol. The van der Waals surface area contributed by atoms with Crippen molar-refractivity contribution in [1.82, 2.24) is 21.3 Å². The molecule has 11 nitrogen and oxygen atoms in total. The highest BCUT2D eigenvalue weighted by Gasteiger charge is 2.79. The number of epoxide rings is 2. The minimum atomic E-state index is -0.432. The largest absolute Gasteiger partial charge is 0.443 e. The summed E-state index contributed by atoms with van der Waals surface area (Å²) in [5, 5.41) is 12.5. The molecule has 4 aliphatic heterocycles. The van der Waals surface area contributed by atoms with Gasteiger partial charge < -0.3 is 40.2 Å². The maximum atomic E-state index is 12.8. The van der Waals surface area contributed by atoms with Crippen LogP contribution in [0.15, 0.2) is 11.6 Å². The second-order valence-electron chi connectivity index (χ2n) is 15.5. The van der Waals surface area contributed by atoms with Gasteiger partial charge in [-0.05, 0) is 65.7 Å². The molecule has 1 saturated carbocycles. The summed E-state index contributed by atoms with van der Waals surface area (Å²) in [6, 6.07) is 0.458. The number of amides is 4. The van der Waals surface area contributed by atoms with Crippen molar-refractivity contribution >= 4 is 29.8 Å². The summed E-state index contributed by atoms with van der Waals surface area (Å²) in [5.74, 6) is 1.12. The molecule has 4 N–H and O–H groups in total. The zero-order valence-corrected chi connectivity index (χ0v) is 31.4. The van der Waals surface area contributed by atoms with Crippen LogP contribution in [0.3, 0.4) is 0 Å². The fraction of sp³-hybridized carbons (Fsp3) is 0.865. The fourth-order valence-electron chi connectivity index (χ4n) is 8.62. The zero-order chi connectivity index (χ0) is 35.1. The number of hydrogen-bond acceptors (Lipinski definition) is 8. The Balaban J connectivity index is 0.867. The van der Waals surface area contributed by atoms with Crippen LogP contribution < -0.4 is 21.3 Å². The van der Waals surface area contributed by atoms with Gasteiger partial charge in [0, 0.05) is 37.6 Å². The standard InChI is InChI=1S/C37H62N4O7S/c1-25(2)17-18-29-36(4,48-29)35(3)32(45-5)27(19-20-37(35)24-46-37)47-34(44)39-22-14-10-8-6-7-9-13-21-38-30(42)16-12-11-15-28-31-26(23-49-28)40-33(43)41-31/h17,26-29,31-32H,6-16,18-24H2,1-5H3,(H,38,42)(H,39,44)(H2,40,41,43)/t26-,27?,28-,29+,31-,32+,35+,36?,37-/m0/s1. The van der Waals surface area contributed by atoms with E-state index >= 15 is 0 Å². The highest BCUT2D eigenvalue weighted by Crippen LogP contribution is 2.67. The van der Waals surface area contributed by atoms with E-state index in [0.717, 1.165) is 89.3 Å². The molecule has 0 aromatic heterocycles. The zero-order valence-electron chi connectivity index (χ0n) is 30.5. The van der Waals surface area contributed by atoms with E-state index in [1.165, 1.54) is 5.57 Å². The highest BCUT2D eigenvalue weighted by atomic mass is 32.2. The second kappa shape index (κ2) is 17.0. The first-order valence-corrected chi connectivity index (χ1v) is 20.0. The van der Waals surface area contributed by atoms with Crippen LogP contribution >= 0.6 is 11.8 Å². The normalized spacial score (nSPS) is 35.7. The summed E-state index contributed by atoms with van der Waals surface area (Å²) in [4.78, 5) is 36.5. The second-order valence-corrected chi connectivity index (χ2v) is 16.7. The lowest BCUT2D eigenvalue weighted by atomic mass is 9.57. The number of ether oxygens (including phenoxy) is 4. The lowest BCUT2D eigenvalue weighted by molar-refractivity contribution is -0.168. The van der Waals surface area contributed by atoms with Crippen molar-refractivity contribution in [3.05, 3.63) is 11.6 Å². The lowest BCUT2D eigenvalue weighted by Crippen LogP contribution is -2.63. The summed E-state index contributed by atoms with van der Waals surface area (Å²) in [6.45, 7) is 10.6. The summed E-state index contributed by atoms with van der Waals surface area (Å²) in [6.07, 6.45) is 14.7. The molecule has 4 amide bonds. The van der Waals surface area contributed by atoms with Gasteiger partial charge in [-0.15, -0.1) is 0 Å². The van der Waals surface area contributed by atoms with Crippen LogP contribution in [0.5, 0.6) is 0 Å². The van der Waals surface area contributed by atoms with E-state index in [1.54, 1.807) is 7.11 Å². The molecular formula is C37H62N4O7S. The van der Waals surface area contributed by atoms with Gasteiger partial charge in [0.1, 0.15) is 23.4 Å². The minimum absolute atomic E-state index is 0.0445. The maximum absolute atomic E-state index is 12.8. The van der Waals surface area contributed by atoms with Crippen molar-refractivity contribution < 1.29 is 33.3 Å². The molecule has 4 heterocycles. The molecule has 4 saturated heterocycles. The summed E-state index contributed by atoms with van der Waals surface area (Å²) in [7, 11) is 1.71. The SMILES string of the molecule is CO[C@@H]1C(OC(=O)NCCCCCCCCCNC(=O)CCCC[C@@H]2SC[C@@H]3NC(=O)N[C@@H]32)CC[C@]2(CO2)[C@@]1(C)C1(C)O[C@@H]1CC=C(C)C. The molecule has 5 fully saturated rings. The van der Waals surface area contributed by atoms with Crippen molar-refractivity contribution in [3.8, 4) is 0 Å². The third-order valence-corrected chi connectivity index (χ3v) is 13.4. The van der Waals surface area contributed by atoms with Gasteiger partial charge in [-0.25, -0.2) is 9.59 Å². The van der Waals surface area contributed by atoms with Crippen LogP contribution in [0, 0.1) is 5.41 Å². The van der Waals surface area contributed by atoms with Gasteiger partial charge in [-0.1, -0.05) is 57.1 Å². The molecule has 5 rings (SSSR count). The number of unbranched alkanes of at least 4 members (excludes halogenated alkanes) is 7. The average Bonchev–Trinajstić information content (AvgIpc) is 3.91. The number of methoxy groups -OCH3 is 1. The van der Waals surface area contributed by atoms with E-state index in [2.05, 4.69) is 55.0 Å². The predicted octanol–water partition coefficient (Wildman–Crippen LogP) is 5.75. The van der Waals surface area contributed by atoms with Crippen LogP contribution in [0.25, 0.3) is 0 Å². The number of carbonyl (C=O) groups is 3. The van der Waals surface area contributed by atoms with Crippen LogP contribution in [-0.2, 0) is 23.7 Å².